The van der Waals surface area contributed by atoms with Gasteiger partial charge < -0.3 is 15.8 Å². The van der Waals surface area contributed by atoms with Crippen molar-refractivity contribution in [1.82, 2.24) is 0 Å². The highest BCUT2D eigenvalue weighted by Gasteiger charge is 2.20. The van der Waals surface area contributed by atoms with Gasteiger partial charge in [0.05, 0.1) is 17.8 Å². The normalized spacial score (nSPS) is 11.8. The monoisotopic (exact) mass is 308 g/mol. The van der Waals surface area contributed by atoms with E-state index in [2.05, 4.69) is 5.32 Å². The summed E-state index contributed by atoms with van der Waals surface area (Å²) < 4.78 is 18.4. The fraction of sp³-hybridized carbons (Fsp3) is 0.133. The van der Waals surface area contributed by atoms with Crippen LogP contribution in [0.5, 0.6) is 5.75 Å². The molecule has 4 nitrogen and oxygen atoms in total. The van der Waals surface area contributed by atoms with Gasteiger partial charge in [-0.25, -0.2) is 4.39 Å². The molecule has 0 saturated heterocycles. The summed E-state index contributed by atoms with van der Waals surface area (Å²) in [6, 6.07) is 10.3. The molecular formula is C15H14ClFN2O2. The van der Waals surface area contributed by atoms with Gasteiger partial charge in [0.2, 0.25) is 5.91 Å². The minimum absolute atomic E-state index is 0.0689. The van der Waals surface area contributed by atoms with E-state index in [4.69, 9.17) is 22.1 Å². The van der Waals surface area contributed by atoms with Crippen LogP contribution in [0, 0.1) is 5.82 Å². The summed E-state index contributed by atoms with van der Waals surface area (Å²) in [5.74, 6) is -0.596. The molecule has 1 unspecified atom stereocenters. The largest absolute Gasteiger partial charge is 0.495 e. The minimum Gasteiger partial charge on any atom is -0.495 e. The molecular weight excluding hydrogens is 295 g/mol. The smallest absolute Gasteiger partial charge is 0.244 e. The van der Waals surface area contributed by atoms with Crippen LogP contribution in [-0.2, 0) is 4.79 Å². The quantitative estimate of drug-likeness (QED) is 0.892. The van der Waals surface area contributed by atoms with Gasteiger partial charge in [-0.3, -0.25) is 4.79 Å². The number of rotatable bonds is 5. The Bertz CT molecular complexity index is 664. The SMILES string of the molecule is COc1ccccc1NC(C(N)=O)c1ccc(F)c(Cl)c1. The molecule has 0 aromatic heterocycles. The summed E-state index contributed by atoms with van der Waals surface area (Å²) in [4.78, 5) is 11.7. The molecule has 6 heteroatoms. The molecule has 1 atom stereocenters. The van der Waals surface area contributed by atoms with Gasteiger partial charge in [-0.05, 0) is 29.8 Å². The Balaban J connectivity index is 2.35. The van der Waals surface area contributed by atoms with Crippen molar-refractivity contribution in [2.45, 2.75) is 6.04 Å². The van der Waals surface area contributed by atoms with E-state index in [0.717, 1.165) is 0 Å². The van der Waals surface area contributed by atoms with E-state index in [1.807, 2.05) is 0 Å². The number of halogens is 2. The third kappa shape index (κ3) is 3.44. The molecule has 21 heavy (non-hydrogen) atoms. The van der Waals surface area contributed by atoms with Crippen LogP contribution in [0.3, 0.4) is 0 Å². The molecule has 0 aliphatic heterocycles. The molecule has 2 rings (SSSR count). The molecule has 0 bridgehead atoms. The van der Waals surface area contributed by atoms with Crippen molar-refractivity contribution in [1.29, 1.82) is 0 Å². The van der Waals surface area contributed by atoms with Crippen LogP contribution < -0.4 is 15.8 Å². The molecule has 2 aromatic carbocycles. The summed E-state index contributed by atoms with van der Waals surface area (Å²) in [5.41, 5.74) is 6.49. The number of amides is 1. The van der Waals surface area contributed by atoms with Crippen molar-refractivity contribution >= 4 is 23.2 Å². The summed E-state index contributed by atoms with van der Waals surface area (Å²) in [6.07, 6.45) is 0. The highest BCUT2D eigenvalue weighted by atomic mass is 35.5. The summed E-state index contributed by atoms with van der Waals surface area (Å²) in [7, 11) is 1.52. The van der Waals surface area contributed by atoms with Crippen molar-refractivity contribution in [2.24, 2.45) is 5.73 Å². The molecule has 2 aromatic rings. The second-order valence-electron chi connectivity index (χ2n) is 4.35. The number of primary amides is 1. The first kappa shape index (κ1) is 15.1. The minimum atomic E-state index is -0.848. The topological polar surface area (TPSA) is 64.3 Å². The van der Waals surface area contributed by atoms with Crippen LogP contribution >= 0.6 is 11.6 Å². The van der Waals surface area contributed by atoms with Crippen molar-refractivity contribution in [2.75, 3.05) is 12.4 Å². The number of hydrogen-bond acceptors (Lipinski definition) is 3. The molecule has 0 saturated carbocycles. The van der Waals surface area contributed by atoms with Crippen LogP contribution in [0.2, 0.25) is 5.02 Å². The first-order chi connectivity index (χ1) is 10.0. The zero-order valence-corrected chi connectivity index (χ0v) is 12.0. The Morgan fingerprint density at radius 2 is 2.05 bits per heavy atom. The number of ether oxygens (including phenoxy) is 1. The van der Waals surface area contributed by atoms with Crippen LogP contribution in [0.25, 0.3) is 0 Å². The van der Waals surface area contributed by atoms with Crippen molar-refractivity contribution in [3.05, 3.63) is 58.9 Å². The number of nitrogens with two attached hydrogens (primary N) is 1. The number of para-hydroxylation sites is 2. The van der Waals surface area contributed by atoms with E-state index in [1.165, 1.54) is 25.3 Å². The number of anilines is 1. The molecule has 0 spiro atoms. The maximum Gasteiger partial charge on any atom is 0.244 e. The number of nitrogens with one attached hydrogen (secondary N) is 1. The van der Waals surface area contributed by atoms with Crippen molar-refractivity contribution < 1.29 is 13.9 Å². The van der Waals surface area contributed by atoms with Gasteiger partial charge in [0, 0.05) is 0 Å². The van der Waals surface area contributed by atoms with Crippen LogP contribution in [-0.4, -0.2) is 13.0 Å². The van der Waals surface area contributed by atoms with Crippen molar-refractivity contribution in [3.8, 4) is 5.75 Å². The predicted molar refractivity (Wildman–Crippen MR) is 80.0 cm³/mol. The number of benzene rings is 2. The molecule has 0 fully saturated rings. The lowest BCUT2D eigenvalue weighted by molar-refractivity contribution is -0.118. The van der Waals surface area contributed by atoms with E-state index in [1.54, 1.807) is 24.3 Å². The fourth-order valence-electron chi connectivity index (χ4n) is 1.93. The zero-order chi connectivity index (χ0) is 15.4. The van der Waals surface area contributed by atoms with Gasteiger partial charge in [0.15, 0.2) is 0 Å². The van der Waals surface area contributed by atoms with Gasteiger partial charge in [0.1, 0.15) is 17.6 Å². The van der Waals surface area contributed by atoms with Crippen LogP contribution in [0.1, 0.15) is 11.6 Å². The lowest BCUT2D eigenvalue weighted by atomic mass is 10.1. The van der Waals surface area contributed by atoms with Crippen LogP contribution in [0.4, 0.5) is 10.1 Å². The molecule has 0 aliphatic rings. The lowest BCUT2D eigenvalue weighted by Crippen LogP contribution is -2.27. The average molecular weight is 309 g/mol. The van der Waals surface area contributed by atoms with Gasteiger partial charge >= 0.3 is 0 Å². The second-order valence-corrected chi connectivity index (χ2v) is 4.76. The molecule has 0 heterocycles. The molecule has 3 N–H and O–H groups in total. The Kier molecular flexibility index (Phi) is 4.65. The molecule has 110 valence electrons. The first-order valence-corrected chi connectivity index (χ1v) is 6.54. The van der Waals surface area contributed by atoms with E-state index >= 15 is 0 Å². The van der Waals surface area contributed by atoms with Gasteiger partial charge in [-0.15, -0.1) is 0 Å². The Labute approximate surface area is 126 Å². The average Bonchev–Trinajstić information content (AvgIpc) is 2.48. The molecule has 0 aliphatic carbocycles. The van der Waals surface area contributed by atoms with E-state index in [9.17, 15) is 9.18 Å². The fourth-order valence-corrected chi connectivity index (χ4v) is 2.12. The molecule has 1 amide bonds. The maximum absolute atomic E-state index is 13.2. The maximum atomic E-state index is 13.2. The standard InChI is InChI=1S/C15H14ClFN2O2/c1-21-13-5-3-2-4-12(13)19-14(15(18)20)9-6-7-11(17)10(16)8-9/h2-8,14,19H,1H3,(H2,18,20). The van der Waals surface area contributed by atoms with E-state index < -0.39 is 17.8 Å². The Morgan fingerprint density at radius 3 is 2.67 bits per heavy atom. The van der Waals surface area contributed by atoms with Gasteiger partial charge in [0.25, 0.3) is 0 Å². The predicted octanol–water partition coefficient (Wildman–Crippen LogP) is 3.13. The third-order valence-electron chi connectivity index (χ3n) is 2.97. The highest BCUT2D eigenvalue weighted by Crippen LogP contribution is 2.29. The summed E-state index contributed by atoms with van der Waals surface area (Å²) in [5, 5.41) is 2.91. The summed E-state index contributed by atoms with van der Waals surface area (Å²) >= 11 is 5.74. The second kappa shape index (κ2) is 6.45. The Hall–Kier alpha value is -2.27. The number of carbonyl (C=O) groups excluding carboxylic acids is 1. The number of methoxy groups -OCH3 is 1. The van der Waals surface area contributed by atoms with Gasteiger partial charge in [-0.1, -0.05) is 29.8 Å². The third-order valence-corrected chi connectivity index (χ3v) is 3.26. The Morgan fingerprint density at radius 1 is 1.33 bits per heavy atom. The molecule has 0 radical (unpaired) electrons. The van der Waals surface area contributed by atoms with Gasteiger partial charge in [-0.2, -0.15) is 0 Å². The van der Waals surface area contributed by atoms with Crippen molar-refractivity contribution in [3.63, 3.8) is 0 Å². The number of hydrogen-bond donors (Lipinski definition) is 2. The highest BCUT2D eigenvalue weighted by molar-refractivity contribution is 6.30. The zero-order valence-electron chi connectivity index (χ0n) is 11.3. The van der Waals surface area contributed by atoms with Crippen LogP contribution in [0.15, 0.2) is 42.5 Å². The lowest BCUT2D eigenvalue weighted by Gasteiger charge is -2.19. The van der Waals surface area contributed by atoms with E-state index in [-0.39, 0.29) is 5.02 Å². The van der Waals surface area contributed by atoms with E-state index in [0.29, 0.717) is 17.0 Å². The number of carbonyl (C=O) groups is 1. The summed E-state index contributed by atoms with van der Waals surface area (Å²) in [6.45, 7) is 0. The first-order valence-electron chi connectivity index (χ1n) is 6.16.